The largest absolute Gasteiger partial charge is 0.389 e. The van der Waals surface area contributed by atoms with Crippen LogP contribution < -0.4 is 15.9 Å². The van der Waals surface area contributed by atoms with Crippen molar-refractivity contribution in [3.63, 3.8) is 0 Å². The summed E-state index contributed by atoms with van der Waals surface area (Å²) in [6, 6.07) is 2.65. The summed E-state index contributed by atoms with van der Waals surface area (Å²) in [6.45, 7) is 0.182. The van der Waals surface area contributed by atoms with Gasteiger partial charge >= 0.3 is 4.87 Å². The Morgan fingerprint density at radius 2 is 2.16 bits per heavy atom. The normalized spacial score (nSPS) is 10.4. The molecule has 0 saturated carbocycles. The van der Waals surface area contributed by atoms with Gasteiger partial charge in [0.05, 0.1) is 12.2 Å². The fraction of sp³-hybridized carbons (Fsp3) is 0.0909. The maximum atomic E-state index is 13.7. The van der Waals surface area contributed by atoms with Crippen molar-refractivity contribution in [1.29, 1.82) is 0 Å². The number of thiazole rings is 1. The third-order valence-electron chi connectivity index (χ3n) is 2.39. The lowest BCUT2D eigenvalue weighted by molar-refractivity contribution is 0.509. The van der Waals surface area contributed by atoms with E-state index in [4.69, 9.17) is 5.73 Å². The topological polar surface area (TPSA) is 70.9 Å². The number of benzene rings is 1. The Hall–Kier alpha value is -1.80. The summed E-state index contributed by atoms with van der Waals surface area (Å²) < 4.78 is 27.3. The first kappa shape index (κ1) is 13.6. The minimum Gasteiger partial charge on any atom is -0.389 e. The van der Waals surface area contributed by atoms with E-state index in [2.05, 4.69) is 22.5 Å². The maximum absolute atomic E-state index is 13.7. The molecule has 1 aromatic heterocycles. The van der Waals surface area contributed by atoms with Crippen LogP contribution >= 0.6 is 23.6 Å². The Morgan fingerprint density at radius 3 is 2.74 bits per heavy atom. The van der Waals surface area contributed by atoms with Crippen LogP contribution in [-0.4, -0.2) is 9.97 Å². The van der Waals surface area contributed by atoms with Gasteiger partial charge in [-0.15, -0.1) is 0 Å². The van der Waals surface area contributed by atoms with Gasteiger partial charge in [-0.3, -0.25) is 4.79 Å². The minimum atomic E-state index is -1.09. The van der Waals surface area contributed by atoms with E-state index in [9.17, 15) is 13.6 Å². The zero-order chi connectivity index (χ0) is 14.0. The van der Waals surface area contributed by atoms with Gasteiger partial charge in [0.25, 0.3) is 0 Å². The Kier molecular flexibility index (Phi) is 3.91. The SMILES string of the molecule is NC(=S)c1ccc(NCc2csc(=O)[nH]2)c(F)c1F. The second kappa shape index (κ2) is 5.45. The van der Waals surface area contributed by atoms with Gasteiger partial charge in [0, 0.05) is 16.6 Å². The van der Waals surface area contributed by atoms with E-state index in [1.54, 1.807) is 5.38 Å². The lowest BCUT2D eigenvalue weighted by atomic mass is 10.1. The van der Waals surface area contributed by atoms with E-state index < -0.39 is 11.6 Å². The molecule has 1 aromatic carbocycles. The predicted molar refractivity (Wildman–Crippen MR) is 74.5 cm³/mol. The Labute approximate surface area is 116 Å². The summed E-state index contributed by atoms with van der Waals surface area (Å²) in [5.74, 6) is -2.14. The molecule has 0 aliphatic rings. The maximum Gasteiger partial charge on any atom is 0.304 e. The quantitative estimate of drug-likeness (QED) is 0.755. The van der Waals surface area contributed by atoms with Crippen LogP contribution in [0.25, 0.3) is 0 Å². The van der Waals surface area contributed by atoms with Crippen LogP contribution in [0.3, 0.4) is 0 Å². The standard InChI is InChI=1S/C11H9F2N3OS2/c12-8-6(10(14)18)1-2-7(9(8)13)15-3-5-4-19-11(17)16-5/h1-2,4,15H,3H2,(H2,14,18)(H,16,17). The molecule has 0 atom stereocenters. The summed E-state index contributed by atoms with van der Waals surface area (Å²) in [7, 11) is 0. The van der Waals surface area contributed by atoms with Crippen LogP contribution in [0.1, 0.15) is 11.3 Å². The van der Waals surface area contributed by atoms with Crippen molar-refractivity contribution in [1.82, 2.24) is 4.98 Å². The van der Waals surface area contributed by atoms with Crippen molar-refractivity contribution < 1.29 is 8.78 Å². The molecule has 4 N–H and O–H groups in total. The first-order valence-electron chi connectivity index (χ1n) is 5.17. The number of aromatic amines is 1. The minimum absolute atomic E-state index is 0.0236. The molecular weight excluding hydrogens is 292 g/mol. The van der Waals surface area contributed by atoms with Gasteiger partial charge in [0.2, 0.25) is 0 Å². The van der Waals surface area contributed by atoms with Gasteiger partial charge in [0.15, 0.2) is 11.6 Å². The molecule has 0 unspecified atom stereocenters. The molecule has 0 fully saturated rings. The molecule has 19 heavy (non-hydrogen) atoms. The number of rotatable bonds is 4. The van der Waals surface area contributed by atoms with Gasteiger partial charge in [-0.1, -0.05) is 23.6 Å². The van der Waals surface area contributed by atoms with Crippen molar-refractivity contribution in [2.75, 3.05) is 5.32 Å². The molecule has 0 bridgehead atoms. The smallest absolute Gasteiger partial charge is 0.304 e. The molecule has 2 rings (SSSR count). The molecule has 1 heterocycles. The predicted octanol–water partition coefficient (Wildman–Crippen LogP) is 1.96. The van der Waals surface area contributed by atoms with Crippen LogP contribution in [0, 0.1) is 11.6 Å². The van der Waals surface area contributed by atoms with E-state index in [0.29, 0.717) is 5.69 Å². The van der Waals surface area contributed by atoms with E-state index >= 15 is 0 Å². The molecule has 4 nitrogen and oxygen atoms in total. The number of H-pyrrole nitrogens is 1. The fourth-order valence-electron chi connectivity index (χ4n) is 1.47. The van der Waals surface area contributed by atoms with Gasteiger partial charge in [0.1, 0.15) is 4.99 Å². The van der Waals surface area contributed by atoms with E-state index in [1.165, 1.54) is 12.1 Å². The summed E-state index contributed by atoms with van der Waals surface area (Å²) in [4.78, 5) is 13.1. The van der Waals surface area contributed by atoms with Crippen LogP contribution in [-0.2, 0) is 6.54 Å². The summed E-state index contributed by atoms with van der Waals surface area (Å²) in [5.41, 5.74) is 5.70. The number of hydrogen-bond acceptors (Lipinski definition) is 4. The van der Waals surface area contributed by atoms with Gasteiger partial charge in [-0.05, 0) is 12.1 Å². The molecular formula is C11H9F2N3OS2. The van der Waals surface area contributed by atoms with Gasteiger partial charge < -0.3 is 16.0 Å². The van der Waals surface area contributed by atoms with Crippen LogP contribution in [0.4, 0.5) is 14.5 Å². The molecule has 0 aliphatic heterocycles. The monoisotopic (exact) mass is 301 g/mol. The number of anilines is 1. The number of thiocarbonyl (C=S) groups is 1. The van der Waals surface area contributed by atoms with Crippen molar-refractivity contribution >= 4 is 34.2 Å². The third-order valence-corrected chi connectivity index (χ3v) is 3.33. The first-order chi connectivity index (χ1) is 8.99. The molecule has 0 aliphatic carbocycles. The van der Waals surface area contributed by atoms with Crippen LogP contribution in [0.5, 0.6) is 0 Å². The van der Waals surface area contributed by atoms with E-state index in [1.807, 2.05) is 0 Å². The third kappa shape index (κ3) is 2.96. The fourth-order valence-corrected chi connectivity index (χ4v) is 2.21. The molecule has 0 saturated heterocycles. The van der Waals surface area contributed by atoms with Crippen molar-refractivity contribution in [3.05, 3.63) is 50.1 Å². The number of hydrogen-bond donors (Lipinski definition) is 3. The van der Waals surface area contributed by atoms with E-state index in [-0.39, 0.29) is 27.7 Å². The second-order valence-corrected chi connectivity index (χ2v) is 4.96. The van der Waals surface area contributed by atoms with E-state index in [0.717, 1.165) is 11.3 Å². The van der Waals surface area contributed by atoms with Crippen LogP contribution in [0.15, 0.2) is 22.3 Å². The lowest BCUT2D eigenvalue weighted by Gasteiger charge is -2.09. The molecule has 0 radical (unpaired) electrons. The van der Waals surface area contributed by atoms with Gasteiger partial charge in [-0.2, -0.15) is 0 Å². The summed E-state index contributed by atoms with van der Waals surface area (Å²) >= 11 is 5.61. The molecule has 2 aromatic rings. The number of aromatic nitrogens is 1. The molecule has 0 amide bonds. The molecule has 0 spiro atoms. The van der Waals surface area contributed by atoms with Gasteiger partial charge in [-0.25, -0.2) is 8.78 Å². The average Bonchev–Trinajstić information content (AvgIpc) is 2.76. The highest BCUT2D eigenvalue weighted by molar-refractivity contribution is 7.80. The van der Waals surface area contributed by atoms with Crippen molar-refractivity contribution in [2.45, 2.75) is 6.54 Å². The zero-order valence-corrected chi connectivity index (χ0v) is 11.1. The Balaban J connectivity index is 2.20. The number of nitrogens with two attached hydrogens (primary N) is 1. The highest BCUT2D eigenvalue weighted by Gasteiger charge is 2.14. The average molecular weight is 301 g/mol. The van der Waals surface area contributed by atoms with Crippen molar-refractivity contribution in [2.24, 2.45) is 5.73 Å². The Morgan fingerprint density at radius 1 is 1.42 bits per heavy atom. The number of nitrogens with one attached hydrogen (secondary N) is 2. The Bertz CT molecular complexity index is 681. The number of halogens is 2. The lowest BCUT2D eigenvalue weighted by Crippen LogP contribution is -2.14. The highest BCUT2D eigenvalue weighted by atomic mass is 32.1. The zero-order valence-electron chi connectivity index (χ0n) is 9.50. The summed E-state index contributed by atoms with van der Waals surface area (Å²) in [6.07, 6.45) is 0. The van der Waals surface area contributed by atoms with Crippen molar-refractivity contribution in [3.8, 4) is 0 Å². The second-order valence-electron chi connectivity index (χ2n) is 3.68. The molecule has 8 heteroatoms. The molecule has 100 valence electrons. The highest BCUT2D eigenvalue weighted by Crippen LogP contribution is 2.21. The van der Waals surface area contributed by atoms with Crippen LogP contribution in [0.2, 0.25) is 0 Å². The first-order valence-corrected chi connectivity index (χ1v) is 6.46. The summed E-state index contributed by atoms with van der Waals surface area (Å²) in [5, 5.41) is 4.29.